The van der Waals surface area contributed by atoms with Crippen LogP contribution in [-0.2, 0) is 9.47 Å². The molecule has 0 aromatic carbocycles. The van der Waals surface area contributed by atoms with Crippen molar-refractivity contribution in [1.82, 2.24) is 0 Å². The summed E-state index contributed by atoms with van der Waals surface area (Å²) in [6, 6.07) is 0. The standard InChI is InChI=1S/C13H26O3/c1-3-5-6-7-9-13(8-4-2)15-11-12(10-14)16-13/h12,14H,3-11H2,1-2H3. The molecule has 3 heteroatoms. The minimum atomic E-state index is -0.393. The first-order valence-corrected chi connectivity index (χ1v) is 6.69. The fraction of sp³-hybridized carbons (Fsp3) is 1.00. The lowest BCUT2D eigenvalue weighted by molar-refractivity contribution is -0.181. The molecule has 2 atom stereocenters. The van der Waals surface area contributed by atoms with Crippen molar-refractivity contribution < 1.29 is 14.6 Å². The Morgan fingerprint density at radius 2 is 1.94 bits per heavy atom. The average Bonchev–Trinajstić information content (AvgIpc) is 2.69. The molecule has 0 bridgehead atoms. The third-order valence-corrected chi connectivity index (χ3v) is 3.16. The highest BCUT2D eigenvalue weighted by Gasteiger charge is 2.39. The third kappa shape index (κ3) is 4.04. The highest BCUT2D eigenvalue weighted by Crippen LogP contribution is 2.33. The number of rotatable bonds is 8. The molecule has 0 aliphatic carbocycles. The first kappa shape index (κ1) is 13.9. The predicted octanol–water partition coefficient (Wildman–Crippen LogP) is 2.86. The zero-order chi connectivity index (χ0) is 11.9. The van der Waals surface area contributed by atoms with E-state index in [1.165, 1.54) is 19.3 Å². The number of hydrogen-bond acceptors (Lipinski definition) is 3. The first-order chi connectivity index (χ1) is 7.76. The van der Waals surface area contributed by atoms with Crippen LogP contribution in [0.15, 0.2) is 0 Å². The maximum absolute atomic E-state index is 9.07. The number of ether oxygens (including phenoxy) is 2. The fourth-order valence-corrected chi connectivity index (χ4v) is 2.30. The summed E-state index contributed by atoms with van der Waals surface area (Å²) in [5, 5.41) is 9.07. The lowest BCUT2D eigenvalue weighted by atomic mass is 10.0. The molecule has 0 saturated carbocycles. The van der Waals surface area contributed by atoms with Gasteiger partial charge in [0.1, 0.15) is 6.10 Å². The van der Waals surface area contributed by atoms with Crippen LogP contribution in [0.4, 0.5) is 0 Å². The van der Waals surface area contributed by atoms with Crippen LogP contribution in [0.1, 0.15) is 58.8 Å². The van der Waals surface area contributed by atoms with Gasteiger partial charge in [-0.1, -0.05) is 39.5 Å². The van der Waals surface area contributed by atoms with Gasteiger partial charge in [-0.25, -0.2) is 0 Å². The number of unbranched alkanes of at least 4 members (excludes halogenated alkanes) is 3. The maximum atomic E-state index is 9.07. The van der Waals surface area contributed by atoms with Crippen LogP contribution in [0.25, 0.3) is 0 Å². The second-order valence-electron chi connectivity index (χ2n) is 4.70. The molecule has 1 saturated heterocycles. The normalized spacial score (nSPS) is 29.8. The molecule has 1 fully saturated rings. The smallest absolute Gasteiger partial charge is 0.169 e. The van der Waals surface area contributed by atoms with Gasteiger partial charge in [0.2, 0.25) is 0 Å². The number of aliphatic hydroxyl groups is 1. The Labute approximate surface area is 99.1 Å². The van der Waals surface area contributed by atoms with Gasteiger partial charge in [-0.2, -0.15) is 0 Å². The summed E-state index contributed by atoms with van der Waals surface area (Å²) in [5.74, 6) is -0.393. The molecule has 0 spiro atoms. The van der Waals surface area contributed by atoms with Gasteiger partial charge in [-0.3, -0.25) is 0 Å². The third-order valence-electron chi connectivity index (χ3n) is 3.16. The van der Waals surface area contributed by atoms with Crippen LogP contribution in [0.5, 0.6) is 0 Å². The van der Waals surface area contributed by atoms with Crippen molar-refractivity contribution in [2.45, 2.75) is 70.7 Å². The molecule has 96 valence electrons. The van der Waals surface area contributed by atoms with Crippen molar-refractivity contribution in [3.63, 3.8) is 0 Å². The number of hydrogen-bond donors (Lipinski definition) is 1. The van der Waals surface area contributed by atoms with E-state index >= 15 is 0 Å². The summed E-state index contributed by atoms with van der Waals surface area (Å²) in [4.78, 5) is 0. The molecule has 1 aliphatic rings. The topological polar surface area (TPSA) is 38.7 Å². The zero-order valence-electron chi connectivity index (χ0n) is 10.7. The van der Waals surface area contributed by atoms with Gasteiger partial charge in [0.05, 0.1) is 13.2 Å². The fourth-order valence-electron chi connectivity index (χ4n) is 2.30. The van der Waals surface area contributed by atoms with Gasteiger partial charge in [0.25, 0.3) is 0 Å². The maximum Gasteiger partial charge on any atom is 0.169 e. The molecule has 0 aromatic rings. The van der Waals surface area contributed by atoms with Crippen molar-refractivity contribution in [2.24, 2.45) is 0 Å². The van der Waals surface area contributed by atoms with E-state index in [1.807, 2.05) is 0 Å². The van der Waals surface area contributed by atoms with Gasteiger partial charge in [-0.15, -0.1) is 0 Å². The Morgan fingerprint density at radius 1 is 1.12 bits per heavy atom. The van der Waals surface area contributed by atoms with Crippen LogP contribution in [0.3, 0.4) is 0 Å². The zero-order valence-corrected chi connectivity index (χ0v) is 10.7. The van der Waals surface area contributed by atoms with E-state index in [4.69, 9.17) is 14.6 Å². The molecule has 2 unspecified atom stereocenters. The Balaban J connectivity index is 2.34. The van der Waals surface area contributed by atoms with Crippen LogP contribution in [-0.4, -0.2) is 30.2 Å². The van der Waals surface area contributed by atoms with Crippen LogP contribution in [0.2, 0.25) is 0 Å². The van der Waals surface area contributed by atoms with Crippen LogP contribution < -0.4 is 0 Å². The van der Waals surface area contributed by atoms with Gasteiger partial charge >= 0.3 is 0 Å². The Kier molecular flexibility index (Phi) is 6.32. The van der Waals surface area contributed by atoms with Crippen molar-refractivity contribution in [2.75, 3.05) is 13.2 Å². The van der Waals surface area contributed by atoms with Crippen molar-refractivity contribution in [1.29, 1.82) is 0 Å². The van der Waals surface area contributed by atoms with E-state index in [-0.39, 0.29) is 12.7 Å². The first-order valence-electron chi connectivity index (χ1n) is 6.69. The molecular weight excluding hydrogens is 204 g/mol. The minimum Gasteiger partial charge on any atom is -0.394 e. The molecule has 1 rings (SSSR count). The molecular formula is C13H26O3. The van der Waals surface area contributed by atoms with E-state index in [0.29, 0.717) is 6.61 Å². The highest BCUT2D eigenvalue weighted by molar-refractivity contribution is 4.78. The molecule has 1 N–H and O–H groups in total. The Bertz CT molecular complexity index is 184. The summed E-state index contributed by atoms with van der Waals surface area (Å²) >= 11 is 0. The monoisotopic (exact) mass is 230 g/mol. The van der Waals surface area contributed by atoms with E-state index in [9.17, 15) is 0 Å². The minimum absolute atomic E-state index is 0.0699. The van der Waals surface area contributed by atoms with Gasteiger partial charge in [0.15, 0.2) is 5.79 Å². The van der Waals surface area contributed by atoms with Crippen LogP contribution >= 0.6 is 0 Å². The van der Waals surface area contributed by atoms with Crippen molar-refractivity contribution in [3.05, 3.63) is 0 Å². The SMILES string of the molecule is CCCCCCC1(CCC)OCC(CO)O1. The molecule has 0 amide bonds. The van der Waals surface area contributed by atoms with E-state index in [0.717, 1.165) is 25.7 Å². The second-order valence-corrected chi connectivity index (χ2v) is 4.70. The molecule has 16 heavy (non-hydrogen) atoms. The average molecular weight is 230 g/mol. The Morgan fingerprint density at radius 3 is 2.50 bits per heavy atom. The molecule has 1 heterocycles. The largest absolute Gasteiger partial charge is 0.394 e. The van der Waals surface area contributed by atoms with E-state index in [1.54, 1.807) is 0 Å². The lowest BCUT2D eigenvalue weighted by Crippen LogP contribution is -2.31. The summed E-state index contributed by atoms with van der Waals surface area (Å²) in [7, 11) is 0. The Hall–Kier alpha value is -0.120. The van der Waals surface area contributed by atoms with Gasteiger partial charge in [-0.05, 0) is 6.42 Å². The predicted molar refractivity (Wildman–Crippen MR) is 64.3 cm³/mol. The summed E-state index contributed by atoms with van der Waals surface area (Å²) in [6.45, 7) is 4.98. The summed E-state index contributed by atoms with van der Waals surface area (Å²) in [5.41, 5.74) is 0. The van der Waals surface area contributed by atoms with Crippen molar-refractivity contribution in [3.8, 4) is 0 Å². The van der Waals surface area contributed by atoms with Gasteiger partial charge in [0, 0.05) is 12.8 Å². The lowest BCUT2D eigenvalue weighted by Gasteiger charge is -2.27. The second kappa shape index (κ2) is 7.25. The summed E-state index contributed by atoms with van der Waals surface area (Å²) in [6.07, 6.45) is 7.80. The quantitative estimate of drug-likeness (QED) is 0.652. The number of aliphatic hydroxyl groups excluding tert-OH is 1. The highest BCUT2D eigenvalue weighted by atomic mass is 16.7. The van der Waals surface area contributed by atoms with Crippen LogP contribution in [0, 0.1) is 0 Å². The molecule has 3 nitrogen and oxygen atoms in total. The molecule has 1 aliphatic heterocycles. The molecule has 0 aromatic heterocycles. The van der Waals surface area contributed by atoms with E-state index in [2.05, 4.69) is 13.8 Å². The molecule has 0 radical (unpaired) electrons. The van der Waals surface area contributed by atoms with Crippen molar-refractivity contribution >= 4 is 0 Å². The summed E-state index contributed by atoms with van der Waals surface area (Å²) < 4.78 is 11.6. The van der Waals surface area contributed by atoms with E-state index < -0.39 is 5.79 Å². The van der Waals surface area contributed by atoms with Gasteiger partial charge < -0.3 is 14.6 Å².